The van der Waals surface area contributed by atoms with Crippen LogP contribution in [-0.4, -0.2) is 25.3 Å². The van der Waals surface area contributed by atoms with Crippen LogP contribution in [0.5, 0.6) is 0 Å². The molecule has 0 unspecified atom stereocenters. The van der Waals surface area contributed by atoms with Crippen molar-refractivity contribution in [3.8, 4) is 0 Å². The van der Waals surface area contributed by atoms with Gasteiger partial charge in [-0.05, 0) is 12.8 Å². The van der Waals surface area contributed by atoms with Crippen LogP contribution in [0.3, 0.4) is 0 Å². The topological polar surface area (TPSA) is 15.6 Å². The number of unbranched alkanes of at least 4 members (excludes halogenated alkanes) is 2. The van der Waals surface area contributed by atoms with Crippen molar-refractivity contribution in [3.63, 3.8) is 0 Å². The summed E-state index contributed by atoms with van der Waals surface area (Å²) in [5.41, 5.74) is 0. The lowest BCUT2D eigenvalue weighted by Gasteiger charge is -2.00. The molecule has 0 N–H and O–H groups in total. The molecule has 0 aliphatic rings. The standard InChI is InChI=1S/C7H16N2/c1-4-5-6-7-8-9(2)3/h7H,4-6H2,1-3H3/b8-7-. The summed E-state index contributed by atoms with van der Waals surface area (Å²) < 4.78 is 0. The zero-order valence-electron chi connectivity index (χ0n) is 6.59. The maximum absolute atomic E-state index is 4.07. The van der Waals surface area contributed by atoms with Gasteiger partial charge in [-0.2, -0.15) is 5.10 Å². The minimum absolute atomic E-state index is 1.11. The summed E-state index contributed by atoms with van der Waals surface area (Å²) in [6.07, 6.45) is 5.56. The Kier molecular flexibility index (Phi) is 5.27. The van der Waals surface area contributed by atoms with Gasteiger partial charge in [0.2, 0.25) is 0 Å². The van der Waals surface area contributed by atoms with Gasteiger partial charge >= 0.3 is 0 Å². The molecule has 0 rings (SSSR count). The molecule has 0 aliphatic carbocycles. The van der Waals surface area contributed by atoms with E-state index in [9.17, 15) is 0 Å². The highest BCUT2D eigenvalue weighted by Gasteiger charge is 1.78. The van der Waals surface area contributed by atoms with Gasteiger partial charge in [0.05, 0.1) is 0 Å². The van der Waals surface area contributed by atoms with Gasteiger partial charge in [0, 0.05) is 20.3 Å². The number of hydrogen-bond donors (Lipinski definition) is 0. The Balaban J connectivity index is 3.04. The van der Waals surface area contributed by atoms with Crippen molar-refractivity contribution in [1.29, 1.82) is 0 Å². The van der Waals surface area contributed by atoms with Crippen molar-refractivity contribution in [2.75, 3.05) is 14.1 Å². The molecule has 0 amide bonds. The molecule has 0 aromatic heterocycles. The molecule has 0 fully saturated rings. The zero-order valence-corrected chi connectivity index (χ0v) is 6.59. The SMILES string of the molecule is CCCC/C=N\N(C)C. The lowest BCUT2D eigenvalue weighted by molar-refractivity contribution is 0.438. The van der Waals surface area contributed by atoms with Crippen molar-refractivity contribution >= 4 is 6.21 Å². The minimum Gasteiger partial charge on any atom is -0.303 e. The van der Waals surface area contributed by atoms with Crippen LogP contribution in [0.25, 0.3) is 0 Å². The van der Waals surface area contributed by atoms with E-state index in [4.69, 9.17) is 0 Å². The summed E-state index contributed by atoms with van der Waals surface area (Å²) >= 11 is 0. The van der Waals surface area contributed by atoms with Crippen molar-refractivity contribution in [2.24, 2.45) is 5.10 Å². The monoisotopic (exact) mass is 128 g/mol. The van der Waals surface area contributed by atoms with E-state index in [1.54, 1.807) is 0 Å². The van der Waals surface area contributed by atoms with Crippen LogP contribution in [0.1, 0.15) is 26.2 Å². The Bertz CT molecular complexity index is 77.0. The van der Waals surface area contributed by atoms with Crippen LogP contribution in [0.4, 0.5) is 0 Å². The average Bonchev–Trinajstić information content (AvgIpc) is 1.80. The first-order valence-electron chi connectivity index (χ1n) is 3.47. The van der Waals surface area contributed by atoms with Gasteiger partial charge in [0.1, 0.15) is 0 Å². The Morgan fingerprint density at radius 3 is 2.56 bits per heavy atom. The third-order valence-corrected chi connectivity index (χ3v) is 0.999. The van der Waals surface area contributed by atoms with E-state index in [0.717, 1.165) is 6.42 Å². The third-order valence-electron chi connectivity index (χ3n) is 0.999. The first-order chi connectivity index (χ1) is 4.27. The maximum atomic E-state index is 4.07. The predicted molar refractivity (Wildman–Crippen MR) is 41.7 cm³/mol. The van der Waals surface area contributed by atoms with Crippen molar-refractivity contribution < 1.29 is 0 Å². The smallest absolute Gasteiger partial charge is 0.0244 e. The molecule has 0 bridgehead atoms. The lowest BCUT2D eigenvalue weighted by Crippen LogP contribution is -2.01. The van der Waals surface area contributed by atoms with E-state index in [0.29, 0.717) is 0 Å². The summed E-state index contributed by atoms with van der Waals surface area (Å²) in [7, 11) is 3.87. The molecule has 0 radical (unpaired) electrons. The highest BCUT2D eigenvalue weighted by atomic mass is 15.4. The largest absolute Gasteiger partial charge is 0.303 e. The van der Waals surface area contributed by atoms with Crippen molar-refractivity contribution in [1.82, 2.24) is 5.01 Å². The molecule has 2 heteroatoms. The Labute approximate surface area is 57.6 Å². The molecule has 0 heterocycles. The predicted octanol–water partition coefficient (Wildman–Crippen LogP) is 1.72. The van der Waals surface area contributed by atoms with Gasteiger partial charge in [-0.3, -0.25) is 0 Å². The maximum Gasteiger partial charge on any atom is 0.0244 e. The molecule has 0 aliphatic heterocycles. The average molecular weight is 128 g/mol. The summed E-state index contributed by atoms with van der Waals surface area (Å²) in [5, 5.41) is 5.89. The van der Waals surface area contributed by atoms with Crippen LogP contribution >= 0.6 is 0 Å². The minimum atomic E-state index is 1.11. The Hall–Kier alpha value is -0.530. The molecule has 0 saturated carbocycles. The van der Waals surface area contributed by atoms with E-state index < -0.39 is 0 Å². The van der Waals surface area contributed by atoms with E-state index >= 15 is 0 Å². The molecule has 0 saturated heterocycles. The van der Waals surface area contributed by atoms with Gasteiger partial charge < -0.3 is 5.01 Å². The lowest BCUT2D eigenvalue weighted by atomic mass is 10.3. The van der Waals surface area contributed by atoms with Crippen molar-refractivity contribution in [3.05, 3.63) is 0 Å². The summed E-state index contributed by atoms with van der Waals surface area (Å²) in [4.78, 5) is 0. The third kappa shape index (κ3) is 7.47. The van der Waals surface area contributed by atoms with Gasteiger partial charge in [-0.1, -0.05) is 13.3 Å². The molecular formula is C7H16N2. The Morgan fingerprint density at radius 2 is 2.11 bits per heavy atom. The molecule has 54 valence electrons. The molecule has 0 aromatic carbocycles. The fourth-order valence-electron chi connectivity index (χ4n) is 0.516. The second kappa shape index (κ2) is 5.60. The molecule has 0 atom stereocenters. The van der Waals surface area contributed by atoms with Crippen molar-refractivity contribution in [2.45, 2.75) is 26.2 Å². The zero-order chi connectivity index (χ0) is 7.11. The van der Waals surface area contributed by atoms with Gasteiger partial charge in [-0.15, -0.1) is 0 Å². The van der Waals surface area contributed by atoms with Crippen LogP contribution < -0.4 is 0 Å². The quantitative estimate of drug-likeness (QED) is 0.320. The molecule has 0 aromatic rings. The van der Waals surface area contributed by atoms with E-state index in [1.165, 1.54) is 12.8 Å². The van der Waals surface area contributed by atoms with Gasteiger partial charge in [-0.25, -0.2) is 0 Å². The molecule has 2 nitrogen and oxygen atoms in total. The first-order valence-corrected chi connectivity index (χ1v) is 3.47. The van der Waals surface area contributed by atoms with E-state index in [-0.39, 0.29) is 0 Å². The van der Waals surface area contributed by atoms with Crippen LogP contribution in [0.2, 0.25) is 0 Å². The van der Waals surface area contributed by atoms with Gasteiger partial charge in [0.25, 0.3) is 0 Å². The second-order valence-electron chi connectivity index (χ2n) is 2.29. The first kappa shape index (κ1) is 8.47. The van der Waals surface area contributed by atoms with Crippen LogP contribution in [-0.2, 0) is 0 Å². The highest BCUT2D eigenvalue weighted by Crippen LogP contribution is 1.89. The highest BCUT2D eigenvalue weighted by molar-refractivity contribution is 5.56. The molecule has 0 spiro atoms. The number of nitrogens with zero attached hydrogens (tertiary/aromatic N) is 2. The number of rotatable bonds is 4. The summed E-state index contributed by atoms with van der Waals surface area (Å²) in [6, 6.07) is 0. The fourth-order valence-corrected chi connectivity index (χ4v) is 0.516. The molecular weight excluding hydrogens is 112 g/mol. The van der Waals surface area contributed by atoms with Crippen LogP contribution in [0, 0.1) is 0 Å². The van der Waals surface area contributed by atoms with Crippen LogP contribution in [0.15, 0.2) is 5.10 Å². The Morgan fingerprint density at radius 1 is 1.44 bits per heavy atom. The summed E-state index contributed by atoms with van der Waals surface area (Å²) in [5.74, 6) is 0. The fraction of sp³-hybridized carbons (Fsp3) is 0.857. The molecule has 9 heavy (non-hydrogen) atoms. The van der Waals surface area contributed by atoms with E-state index in [1.807, 2.05) is 25.3 Å². The normalized spacial score (nSPS) is 10.6. The van der Waals surface area contributed by atoms with E-state index in [2.05, 4.69) is 12.0 Å². The number of hydrazone groups is 1. The second-order valence-corrected chi connectivity index (χ2v) is 2.29. The van der Waals surface area contributed by atoms with Gasteiger partial charge in [0.15, 0.2) is 0 Å². The summed E-state index contributed by atoms with van der Waals surface area (Å²) in [6.45, 7) is 2.18. The number of hydrogen-bond acceptors (Lipinski definition) is 2.